The maximum atomic E-state index is 11.8. The predicted molar refractivity (Wildman–Crippen MR) is 33.7 cm³/mol. The maximum Gasteiger partial charge on any atom is 0.411 e. The van der Waals surface area contributed by atoms with Crippen molar-refractivity contribution in [2.45, 2.75) is 18.7 Å². The SMILES string of the molecule is COC(COCC(F)(F)F)C(F)F. The molecule has 0 aromatic rings. The minimum Gasteiger partial charge on any atom is -0.373 e. The van der Waals surface area contributed by atoms with E-state index in [-0.39, 0.29) is 0 Å². The minimum absolute atomic E-state index is 0.770. The van der Waals surface area contributed by atoms with Gasteiger partial charge in [-0.2, -0.15) is 13.2 Å². The van der Waals surface area contributed by atoms with Crippen LogP contribution in [0.4, 0.5) is 22.0 Å². The Bertz CT molecular complexity index is 135. The molecule has 0 spiro atoms. The van der Waals surface area contributed by atoms with E-state index in [0.29, 0.717) is 0 Å². The van der Waals surface area contributed by atoms with E-state index in [1.165, 1.54) is 0 Å². The van der Waals surface area contributed by atoms with Crippen molar-refractivity contribution in [3.63, 3.8) is 0 Å². The molecular weight excluding hydrogens is 199 g/mol. The van der Waals surface area contributed by atoms with Crippen molar-refractivity contribution >= 4 is 0 Å². The fourth-order valence-electron chi connectivity index (χ4n) is 0.534. The number of alkyl halides is 5. The summed E-state index contributed by atoms with van der Waals surface area (Å²) in [7, 11) is 0.980. The Morgan fingerprint density at radius 1 is 1.23 bits per heavy atom. The molecule has 0 radical (unpaired) electrons. The summed E-state index contributed by atoms with van der Waals surface area (Å²) in [4.78, 5) is 0. The van der Waals surface area contributed by atoms with Crippen LogP contribution in [0, 0.1) is 0 Å². The van der Waals surface area contributed by atoms with E-state index < -0.39 is 31.9 Å². The van der Waals surface area contributed by atoms with Crippen molar-refractivity contribution in [1.82, 2.24) is 0 Å². The molecule has 0 amide bonds. The lowest BCUT2D eigenvalue weighted by Gasteiger charge is -2.14. The highest BCUT2D eigenvalue weighted by atomic mass is 19.4. The molecule has 0 aliphatic rings. The number of methoxy groups -OCH3 is 1. The summed E-state index contributed by atoms with van der Waals surface area (Å²) in [6.45, 7) is -2.31. The van der Waals surface area contributed by atoms with Gasteiger partial charge in [-0.05, 0) is 0 Å². The first-order valence-corrected chi connectivity index (χ1v) is 3.32. The molecule has 2 nitrogen and oxygen atoms in total. The second-order valence-electron chi connectivity index (χ2n) is 2.24. The average Bonchev–Trinajstić information content (AvgIpc) is 1.95. The van der Waals surface area contributed by atoms with Crippen molar-refractivity contribution in [2.75, 3.05) is 20.3 Å². The van der Waals surface area contributed by atoms with Crippen LogP contribution in [-0.4, -0.2) is 39.0 Å². The lowest BCUT2D eigenvalue weighted by Crippen LogP contribution is -2.29. The van der Waals surface area contributed by atoms with E-state index >= 15 is 0 Å². The molecular formula is C6H9F5O2. The molecule has 80 valence electrons. The van der Waals surface area contributed by atoms with Gasteiger partial charge in [0, 0.05) is 7.11 Å². The molecule has 7 heteroatoms. The summed E-state index contributed by atoms with van der Waals surface area (Å²) in [6, 6.07) is 0. The van der Waals surface area contributed by atoms with Crippen molar-refractivity contribution in [1.29, 1.82) is 0 Å². The molecule has 0 saturated heterocycles. The highest BCUT2D eigenvalue weighted by molar-refractivity contribution is 4.58. The summed E-state index contributed by atoms with van der Waals surface area (Å²) in [6.07, 6.45) is -8.96. The van der Waals surface area contributed by atoms with Crippen molar-refractivity contribution in [3.8, 4) is 0 Å². The average molecular weight is 208 g/mol. The van der Waals surface area contributed by atoms with Gasteiger partial charge in [-0.25, -0.2) is 8.78 Å². The van der Waals surface area contributed by atoms with Crippen LogP contribution < -0.4 is 0 Å². The highest BCUT2D eigenvalue weighted by Gasteiger charge is 2.29. The van der Waals surface area contributed by atoms with E-state index in [0.717, 1.165) is 7.11 Å². The Morgan fingerprint density at radius 3 is 2.08 bits per heavy atom. The monoisotopic (exact) mass is 208 g/mol. The number of hydrogen-bond donors (Lipinski definition) is 0. The molecule has 1 atom stereocenters. The van der Waals surface area contributed by atoms with Crippen LogP contribution in [0.25, 0.3) is 0 Å². The van der Waals surface area contributed by atoms with E-state index in [9.17, 15) is 22.0 Å². The molecule has 0 heterocycles. The summed E-state index contributed by atoms with van der Waals surface area (Å²) in [5, 5.41) is 0. The first-order chi connectivity index (χ1) is 5.87. The lowest BCUT2D eigenvalue weighted by molar-refractivity contribution is -0.186. The Kier molecular flexibility index (Phi) is 5.16. The van der Waals surface area contributed by atoms with Gasteiger partial charge in [0.25, 0.3) is 6.43 Å². The van der Waals surface area contributed by atoms with Crippen LogP contribution in [-0.2, 0) is 9.47 Å². The summed E-state index contributed by atoms with van der Waals surface area (Å²) in [5.74, 6) is 0. The van der Waals surface area contributed by atoms with Crippen molar-refractivity contribution in [3.05, 3.63) is 0 Å². The van der Waals surface area contributed by atoms with Crippen LogP contribution in [0.15, 0.2) is 0 Å². The first kappa shape index (κ1) is 12.6. The van der Waals surface area contributed by atoms with Crippen LogP contribution >= 0.6 is 0 Å². The fraction of sp³-hybridized carbons (Fsp3) is 1.00. The van der Waals surface area contributed by atoms with Gasteiger partial charge in [0.2, 0.25) is 0 Å². The van der Waals surface area contributed by atoms with E-state index in [2.05, 4.69) is 9.47 Å². The van der Waals surface area contributed by atoms with Gasteiger partial charge in [-0.3, -0.25) is 0 Å². The Balaban J connectivity index is 3.62. The summed E-state index contributed by atoms with van der Waals surface area (Å²) < 4.78 is 66.2. The molecule has 0 fully saturated rings. The quantitative estimate of drug-likeness (QED) is 0.642. The van der Waals surface area contributed by atoms with Gasteiger partial charge in [-0.1, -0.05) is 0 Å². The number of hydrogen-bond acceptors (Lipinski definition) is 2. The number of halogens is 5. The molecule has 0 aliphatic carbocycles. The van der Waals surface area contributed by atoms with E-state index in [4.69, 9.17) is 0 Å². The molecule has 13 heavy (non-hydrogen) atoms. The van der Waals surface area contributed by atoms with Gasteiger partial charge < -0.3 is 9.47 Å². The maximum absolute atomic E-state index is 11.8. The fourth-order valence-corrected chi connectivity index (χ4v) is 0.534. The van der Waals surface area contributed by atoms with Crippen LogP contribution in [0.1, 0.15) is 0 Å². The van der Waals surface area contributed by atoms with Gasteiger partial charge in [0.1, 0.15) is 12.7 Å². The van der Waals surface area contributed by atoms with Crippen LogP contribution in [0.5, 0.6) is 0 Å². The largest absolute Gasteiger partial charge is 0.411 e. The van der Waals surface area contributed by atoms with Crippen molar-refractivity contribution < 1.29 is 31.4 Å². The Hall–Kier alpha value is -0.430. The third-order valence-corrected chi connectivity index (χ3v) is 1.13. The molecule has 0 bridgehead atoms. The smallest absolute Gasteiger partial charge is 0.373 e. The second-order valence-corrected chi connectivity index (χ2v) is 2.24. The number of rotatable bonds is 5. The minimum atomic E-state index is -4.50. The topological polar surface area (TPSA) is 18.5 Å². The Morgan fingerprint density at radius 2 is 1.77 bits per heavy atom. The molecule has 0 N–H and O–H groups in total. The van der Waals surface area contributed by atoms with Gasteiger partial charge in [0.05, 0.1) is 6.61 Å². The predicted octanol–water partition coefficient (Wildman–Crippen LogP) is 1.85. The van der Waals surface area contributed by atoms with Crippen LogP contribution in [0.3, 0.4) is 0 Å². The molecule has 0 aliphatic heterocycles. The zero-order chi connectivity index (χ0) is 10.5. The second kappa shape index (κ2) is 5.33. The normalized spacial score (nSPS) is 15.0. The van der Waals surface area contributed by atoms with Gasteiger partial charge in [-0.15, -0.1) is 0 Å². The van der Waals surface area contributed by atoms with Gasteiger partial charge >= 0.3 is 6.18 Å². The molecule has 0 aromatic carbocycles. The molecule has 0 rings (SSSR count). The van der Waals surface area contributed by atoms with E-state index in [1.54, 1.807) is 0 Å². The third kappa shape index (κ3) is 6.71. The first-order valence-electron chi connectivity index (χ1n) is 3.32. The zero-order valence-electron chi connectivity index (χ0n) is 6.78. The van der Waals surface area contributed by atoms with E-state index in [1.807, 2.05) is 0 Å². The highest BCUT2D eigenvalue weighted by Crippen LogP contribution is 2.15. The number of ether oxygens (including phenoxy) is 2. The van der Waals surface area contributed by atoms with Crippen molar-refractivity contribution in [2.24, 2.45) is 0 Å². The molecule has 0 saturated carbocycles. The third-order valence-electron chi connectivity index (χ3n) is 1.13. The standard InChI is InChI=1S/C6H9F5O2/c1-12-4(5(7)8)2-13-3-6(9,10)11/h4-5H,2-3H2,1H3. The lowest BCUT2D eigenvalue weighted by atomic mass is 10.4. The molecule has 0 aromatic heterocycles. The summed E-state index contributed by atoms with van der Waals surface area (Å²) in [5.41, 5.74) is 0. The Labute approximate surface area is 71.6 Å². The molecule has 1 unspecified atom stereocenters. The zero-order valence-corrected chi connectivity index (χ0v) is 6.78. The van der Waals surface area contributed by atoms with Crippen LogP contribution in [0.2, 0.25) is 0 Å². The van der Waals surface area contributed by atoms with Gasteiger partial charge in [0.15, 0.2) is 0 Å². The summed E-state index contributed by atoms with van der Waals surface area (Å²) >= 11 is 0.